The summed E-state index contributed by atoms with van der Waals surface area (Å²) in [7, 11) is 0. The van der Waals surface area contributed by atoms with Gasteiger partial charge in [0.2, 0.25) is 0 Å². The van der Waals surface area contributed by atoms with E-state index in [0.29, 0.717) is 5.92 Å². The summed E-state index contributed by atoms with van der Waals surface area (Å²) in [5, 5.41) is 1.25. The molecule has 1 aromatic heterocycles. The molecule has 1 aromatic carbocycles. The van der Waals surface area contributed by atoms with Gasteiger partial charge in [0.15, 0.2) is 0 Å². The number of rotatable bonds is 2. The summed E-state index contributed by atoms with van der Waals surface area (Å²) in [6.45, 7) is 9.05. The van der Waals surface area contributed by atoms with Crippen molar-refractivity contribution in [3.63, 3.8) is 0 Å². The smallest absolute Gasteiger partial charge is 0.134 e. The summed E-state index contributed by atoms with van der Waals surface area (Å²) in [5.41, 5.74) is 2.46. The Morgan fingerprint density at radius 2 is 1.80 bits per heavy atom. The minimum Gasteiger partial charge on any atom is -0.464 e. The van der Waals surface area contributed by atoms with Gasteiger partial charge < -0.3 is 4.42 Å². The lowest BCUT2D eigenvalue weighted by Crippen LogP contribution is -2.23. The molecule has 0 aliphatic rings. The molecule has 0 bridgehead atoms. The van der Waals surface area contributed by atoms with Gasteiger partial charge in [-0.15, -0.1) is 0 Å². The Morgan fingerprint density at radius 3 is 2.47 bits per heavy atom. The average Bonchev–Trinajstić information content (AvgIpc) is 2.61. The van der Waals surface area contributed by atoms with Gasteiger partial charge >= 0.3 is 0 Å². The van der Waals surface area contributed by atoms with Crippen LogP contribution in [-0.4, -0.2) is 0 Å². The number of para-hydroxylation sites is 1. The van der Waals surface area contributed by atoms with Crippen LogP contribution in [0.2, 0.25) is 0 Å². The number of hydrogen-bond donors (Lipinski definition) is 0. The van der Waals surface area contributed by atoms with Crippen molar-refractivity contribution in [2.45, 2.75) is 33.1 Å². The van der Waals surface area contributed by atoms with Crippen LogP contribution in [0.4, 0.5) is 0 Å². The monoisotopic (exact) mass is 202 g/mol. The predicted molar refractivity (Wildman–Crippen MR) is 64.1 cm³/mol. The molecular formula is C14H18O. The van der Waals surface area contributed by atoms with E-state index >= 15 is 0 Å². The highest BCUT2D eigenvalue weighted by Crippen LogP contribution is 2.36. The second kappa shape index (κ2) is 3.41. The summed E-state index contributed by atoms with van der Waals surface area (Å²) in [6, 6.07) is 8.24. The Labute approximate surface area is 91.1 Å². The van der Waals surface area contributed by atoms with Crippen molar-refractivity contribution < 1.29 is 4.42 Å². The van der Waals surface area contributed by atoms with Crippen LogP contribution >= 0.6 is 0 Å². The van der Waals surface area contributed by atoms with E-state index in [-0.39, 0.29) is 5.41 Å². The van der Waals surface area contributed by atoms with E-state index in [4.69, 9.17) is 4.42 Å². The Kier molecular flexibility index (Phi) is 2.34. The maximum absolute atomic E-state index is 5.59. The van der Waals surface area contributed by atoms with Gasteiger partial charge in [-0.25, -0.2) is 0 Å². The van der Waals surface area contributed by atoms with Gasteiger partial charge in [-0.3, -0.25) is 0 Å². The summed E-state index contributed by atoms with van der Waals surface area (Å²) >= 11 is 0. The fraction of sp³-hybridized carbons (Fsp3) is 0.429. The third-order valence-electron chi connectivity index (χ3n) is 3.62. The highest BCUT2D eigenvalue weighted by atomic mass is 16.3. The van der Waals surface area contributed by atoms with Gasteiger partial charge in [-0.05, 0) is 17.4 Å². The zero-order valence-electron chi connectivity index (χ0n) is 9.87. The second-order valence-electron chi connectivity index (χ2n) is 5.02. The first-order valence-corrected chi connectivity index (χ1v) is 5.50. The zero-order valence-corrected chi connectivity index (χ0v) is 9.87. The SMILES string of the molecule is CC(C)C(C)(C)c1coc2ccccc12. The summed E-state index contributed by atoms with van der Waals surface area (Å²) in [6.07, 6.45) is 1.91. The van der Waals surface area contributed by atoms with E-state index in [0.717, 1.165) is 5.58 Å². The van der Waals surface area contributed by atoms with Crippen molar-refractivity contribution in [1.29, 1.82) is 0 Å². The van der Waals surface area contributed by atoms with E-state index in [1.807, 2.05) is 18.4 Å². The Bertz CT molecular complexity index is 463. The molecule has 80 valence electrons. The number of fused-ring (bicyclic) bond motifs is 1. The van der Waals surface area contributed by atoms with Crippen molar-refractivity contribution in [2.24, 2.45) is 5.92 Å². The first-order valence-electron chi connectivity index (χ1n) is 5.50. The molecule has 0 saturated carbocycles. The fourth-order valence-corrected chi connectivity index (χ4v) is 1.79. The first-order chi connectivity index (χ1) is 7.03. The number of furan rings is 1. The largest absolute Gasteiger partial charge is 0.464 e. The maximum atomic E-state index is 5.59. The van der Waals surface area contributed by atoms with Crippen LogP contribution in [0.3, 0.4) is 0 Å². The zero-order chi connectivity index (χ0) is 11.1. The van der Waals surface area contributed by atoms with Gasteiger partial charge in [0.25, 0.3) is 0 Å². The van der Waals surface area contributed by atoms with E-state index in [9.17, 15) is 0 Å². The van der Waals surface area contributed by atoms with Gasteiger partial charge in [0.1, 0.15) is 5.58 Å². The quantitative estimate of drug-likeness (QED) is 0.705. The predicted octanol–water partition coefficient (Wildman–Crippen LogP) is 4.37. The Morgan fingerprint density at radius 1 is 1.13 bits per heavy atom. The van der Waals surface area contributed by atoms with E-state index in [1.165, 1.54) is 10.9 Å². The molecular weight excluding hydrogens is 184 g/mol. The first kappa shape index (κ1) is 10.3. The lowest BCUT2D eigenvalue weighted by Gasteiger charge is -2.28. The molecule has 0 radical (unpaired) electrons. The molecule has 0 unspecified atom stereocenters. The molecule has 0 aliphatic heterocycles. The van der Waals surface area contributed by atoms with Gasteiger partial charge in [-0.1, -0.05) is 45.9 Å². The van der Waals surface area contributed by atoms with Crippen molar-refractivity contribution in [2.75, 3.05) is 0 Å². The molecule has 0 aliphatic carbocycles. The number of hydrogen-bond acceptors (Lipinski definition) is 1. The lowest BCUT2D eigenvalue weighted by molar-refractivity contribution is 0.370. The number of benzene rings is 1. The van der Waals surface area contributed by atoms with Crippen LogP contribution < -0.4 is 0 Å². The van der Waals surface area contributed by atoms with E-state index in [1.54, 1.807) is 0 Å². The van der Waals surface area contributed by atoms with E-state index in [2.05, 4.69) is 39.8 Å². The van der Waals surface area contributed by atoms with Crippen LogP contribution in [0.15, 0.2) is 34.9 Å². The van der Waals surface area contributed by atoms with Crippen LogP contribution in [0.25, 0.3) is 11.0 Å². The minimum absolute atomic E-state index is 0.159. The molecule has 2 rings (SSSR count). The normalized spacial score (nSPS) is 12.6. The summed E-state index contributed by atoms with van der Waals surface area (Å²) in [5.74, 6) is 0.596. The van der Waals surface area contributed by atoms with Crippen LogP contribution in [0.1, 0.15) is 33.3 Å². The van der Waals surface area contributed by atoms with Crippen LogP contribution in [0, 0.1) is 5.92 Å². The van der Waals surface area contributed by atoms with Crippen molar-refractivity contribution in [3.05, 3.63) is 36.1 Å². The molecule has 1 heteroatoms. The van der Waals surface area contributed by atoms with E-state index < -0.39 is 0 Å². The molecule has 1 heterocycles. The molecule has 0 N–H and O–H groups in total. The Hall–Kier alpha value is -1.24. The molecule has 1 nitrogen and oxygen atoms in total. The average molecular weight is 202 g/mol. The molecule has 0 saturated heterocycles. The van der Waals surface area contributed by atoms with Crippen LogP contribution in [-0.2, 0) is 5.41 Å². The van der Waals surface area contributed by atoms with Crippen molar-refractivity contribution >= 4 is 11.0 Å². The molecule has 0 fully saturated rings. The highest BCUT2D eigenvalue weighted by Gasteiger charge is 2.28. The van der Waals surface area contributed by atoms with Gasteiger partial charge in [-0.2, -0.15) is 0 Å². The summed E-state index contributed by atoms with van der Waals surface area (Å²) in [4.78, 5) is 0. The molecule has 0 amide bonds. The topological polar surface area (TPSA) is 13.1 Å². The third kappa shape index (κ3) is 1.56. The standard InChI is InChI=1S/C14H18O/c1-10(2)14(3,4)12-9-15-13-8-6-5-7-11(12)13/h5-10H,1-4H3. The fourth-order valence-electron chi connectivity index (χ4n) is 1.79. The minimum atomic E-state index is 0.159. The molecule has 0 atom stereocenters. The Balaban J connectivity index is 2.62. The van der Waals surface area contributed by atoms with Crippen molar-refractivity contribution in [1.82, 2.24) is 0 Å². The lowest BCUT2D eigenvalue weighted by atomic mass is 9.75. The highest BCUT2D eigenvalue weighted by molar-refractivity contribution is 5.82. The second-order valence-corrected chi connectivity index (χ2v) is 5.02. The van der Waals surface area contributed by atoms with Crippen molar-refractivity contribution in [3.8, 4) is 0 Å². The van der Waals surface area contributed by atoms with Gasteiger partial charge in [0, 0.05) is 10.9 Å². The molecule has 0 spiro atoms. The van der Waals surface area contributed by atoms with Gasteiger partial charge in [0.05, 0.1) is 6.26 Å². The van der Waals surface area contributed by atoms with Crippen LogP contribution in [0.5, 0.6) is 0 Å². The molecule has 2 aromatic rings. The summed E-state index contributed by atoms with van der Waals surface area (Å²) < 4.78 is 5.59. The molecule has 15 heavy (non-hydrogen) atoms. The third-order valence-corrected chi connectivity index (χ3v) is 3.62. The maximum Gasteiger partial charge on any atom is 0.134 e.